The van der Waals surface area contributed by atoms with Gasteiger partial charge in [-0.1, -0.05) is 84.6 Å². The number of H-pyrrole nitrogens is 2. The predicted octanol–water partition coefficient (Wildman–Crippen LogP) is 1.65. The second-order valence-corrected chi connectivity index (χ2v) is 16.6. The minimum Gasteiger partial charge on any atom is -0.365 e. The number of primary amides is 1. The summed E-state index contributed by atoms with van der Waals surface area (Å²) in [6.07, 6.45) is 6.06. The van der Waals surface area contributed by atoms with E-state index in [0.717, 1.165) is 26.8 Å². The van der Waals surface area contributed by atoms with Gasteiger partial charge < -0.3 is 42.7 Å². The van der Waals surface area contributed by atoms with Gasteiger partial charge in [-0.2, -0.15) is 0 Å². The topological polar surface area (TPSA) is 282 Å². The molecule has 19 heteroatoms. The van der Waals surface area contributed by atoms with E-state index < -0.39 is 72.2 Å². The molecule has 1 aliphatic heterocycles. The standard InChI is InChI=1S/C50H58N12O7/c1-3-22-61-23-12-11-21-40(45(52)64)56-48(67)41(26-33-15-5-4-6-16-33)58-49(68)42(27-34-30-53-38-19-9-7-17-36(34)38)57-46(65)32(2)55-47(66)43(28-35-31-54-39-20-10-8-18-37(35)39)59-50(69)62(25-14-13-24-61)60-44(63)29-51/h3-10,15-20,30-32,41-43,53-54H,1,11-12,21-29,51H2,2H3,(H2,52,64)(H,55,66)(H,57,65)(H,58,68)(H,59,69)(H,60,63)/t32-,41+,42-,43+/m0/s1. The highest BCUT2D eigenvalue weighted by atomic mass is 16.2. The number of benzene rings is 3. The number of nitrogens with one attached hydrogen (secondary N) is 7. The minimum absolute atomic E-state index is 0.00438. The molecule has 0 spiro atoms. The Hall–Kier alpha value is -8.08. The zero-order chi connectivity index (χ0) is 49.3. The molecule has 8 amide bonds. The van der Waals surface area contributed by atoms with Gasteiger partial charge in [-0.15, -0.1) is 6.58 Å². The number of hydrogen-bond acceptors (Lipinski definition) is 9. The molecule has 0 aliphatic carbocycles. The number of carbonyl (C=O) groups excluding carboxylic acids is 7. The lowest BCUT2D eigenvalue weighted by Gasteiger charge is -2.27. The number of fused-ring (bicyclic) bond motifs is 2. The van der Waals surface area contributed by atoms with E-state index in [0.29, 0.717) is 42.6 Å². The molecular weight excluding hydrogens is 881 g/mol. The highest BCUT2D eigenvalue weighted by Gasteiger charge is 2.32. The van der Waals surface area contributed by atoms with Gasteiger partial charge in [0.1, 0.15) is 36.4 Å². The molecule has 11 N–H and O–H groups in total. The second-order valence-electron chi connectivity index (χ2n) is 16.6. The number of hydrogen-bond donors (Lipinski definition) is 9. The number of rotatable bonds is 11. The van der Waals surface area contributed by atoms with Gasteiger partial charge in [0.25, 0.3) is 17.7 Å². The zero-order valence-corrected chi connectivity index (χ0v) is 38.4. The largest absolute Gasteiger partial charge is 0.365 e. The molecule has 5 aromatic rings. The Morgan fingerprint density at radius 1 is 0.754 bits per heavy atom. The lowest BCUT2D eigenvalue weighted by Crippen LogP contribution is -2.60. The van der Waals surface area contributed by atoms with E-state index >= 15 is 0 Å². The van der Waals surface area contributed by atoms with Gasteiger partial charge in [-0.25, -0.2) is 14.8 Å². The zero-order valence-electron chi connectivity index (χ0n) is 38.4. The molecule has 2 aromatic heterocycles. The van der Waals surface area contributed by atoms with Gasteiger partial charge in [-0.3, -0.25) is 39.1 Å². The maximum absolute atomic E-state index is 14.5. The van der Waals surface area contributed by atoms with Gasteiger partial charge in [0.05, 0.1) is 13.1 Å². The Labute approximate surface area is 399 Å². The van der Waals surface area contributed by atoms with Crippen LogP contribution in [0, 0.1) is 11.8 Å². The molecule has 0 bridgehead atoms. The first-order valence-corrected chi connectivity index (χ1v) is 22.7. The summed E-state index contributed by atoms with van der Waals surface area (Å²) in [6.45, 7) is 5.69. The first-order chi connectivity index (χ1) is 33.3. The molecule has 0 saturated carbocycles. The number of amides is 8. The Morgan fingerprint density at radius 3 is 1.96 bits per heavy atom. The van der Waals surface area contributed by atoms with Crippen molar-refractivity contribution >= 4 is 69.0 Å². The second kappa shape index (κ2) is 24.6. The van der Waals surface area contributed by atoms with Crippen molar-refractivity contribution in [2.75, 3.05) is 32.7 Å². The van der Waals surface area contributed by atoms with Gasteiger partial charge in [0.15, 0.2) is 0 Å². The summed E-state index contributed by atoms with van der Waals surface area (Å²) in [5, 5.41) is 13.5. The van der Waals surface area contributed by atoms with Crippen molar-refractivity contribution in [1.82, 2.24) is 46.6 Å². The molecule has 1 aliphatic rings. The molecular formula is C50H58N12O7. The van der Waals surface area contributed by atoms with Crippen molar-refractivity contribution in [2.24, 2.45) is 16.5 Å². The van der Waals surface area contributed by atoms with E-state index in [1.807, 2.05) is 53.4 Å². The third-order valence-corrected chi connectivity index (χ3v) is 11.5. The Kier molecular flexibility index (Phi) is 18.0. The van der Waals surface area contributed by atoms with Crippen LogP contribution in [0.1, 0.15) is 42.9 Å². The van der Waals surface area contributed by atoms with Crippen LogP contribution in [0.2, 0.25) is 0 Å². The molecule has 3 heterocycles. The summed E-state index contributed by atoms with van der Waals surface area (Å²) in [7, 11) is 0. The molecule has 360 valence electrons. The van der Waals surface area contributed by atoms with Crippen molar-refractivity contribution in [1.29, 1.82) is 0 Å². The summed E-state index contributed by atoms with van der Waals surface area (Å²) < 4.78 is 0. The van der Waals surface area contributed by atoms with Crippen molar-refractivity contribution in [2.45, 2.75) is 69.6 Å². The van der Waals surface area contributed by atoms with Crippen LogP contribution in [-0.4, -0.2) is 124 Å². The fraction of sp³-hybridized carbons (Fsp3) is 0.320. The highest BCUT2D eigenvalue weighted by molar-refractivity contribution is 6.40. The first-order valence-electron chi connectivity index (χ1n) is 22.7. The number of hydrazine groups is 1. The molecule has 0 fully saturated rings. The van der Waals surface area contributed by atoms with E-state index in [1.165, 1.54) is 6.92 Å². The molecule has 6 rings (SSSR count). The first kappa shape index (κ1) is 50.3. The minimum atomic E-state index is -1.31. The summed E-state index contributed by atoms with van der Waals surface area (Å²) in [5.41, 5.74) is 17.2. The molecule has 0 saturated heterocycles. The number of aromatic nitrogens is 2. The lowest BCUT2D eigenvalue weighted by molar-refractivity contribution is -0.133. The molecule has 0 radical (unpaired) electrons. The number of carbonyl (C=O) groups is 7. The van der Waals surface area contributed by atoms with Crippen LogP contribution in [-0.2, 0) is 48.0 Å². The van der Waals surface area contributed by atoms with Crippen LogP contribution in [0.5, 0.6) is 0 Å². The number of aliphatic imine (C=N–C) groups is 1. The van der Waals surface area contributed by atoms with E-state index in [-0.39, 0.29) is 44.5 Å². The molecule has 69 heavy (non-hydrogen) atoms. The van der Waals surface area contributed by atoms with Crippen molar-refractivity contribution in [3.05, 3.63) is 121 Å². The van der Waals surface area contributed by atoms with Crippen molar-refractivity contribution in [3.8, 4) is 11.8 Å². The number of aromatic amines is 2. The average Bonchev–Trinajstić information content (AvgIpc) is 3.95. The predicted molar refractivity (Wildman–Crippen MR) is 262 cm³/mol. The average molecular weight is 939 g/mol. The van der Waals surface area contributed by atoms with E-state index in [2.05, 4.69) is 60.1 Å². The summed E-state index contributed by atoms with van der Waals surface area (Å²) >= 11 is 0. The summed E-state index contributed by atoms with van der Waals surface area (Å²) in [5.74, 6) is 1.26. The molecule has 3 aromatic carbocycles. The van der Waals surface area contributed by atoms with E-state index in [4.69, 9.17) is 11.5 Å². The highest BCUT2D eigenvalue weighted by Crippen LogP contribution is 2.21. The lowest BCUT2D eigenvalue weighted by atomic mass is 10.0. The van der Waals surface area contributed by atoms with Crippen molar-refractivity contribution < 1.29 is 33.6 Å². The fourth-order valence-corrected chi connectivity index (χ4v) is 7.84. The summed E-state index contributed by atoms with van der Waals surface area (Å²) in [6, 6.07) is 17.7. The SMILES string of the molecule is C=CCN1CC#CCN(NC(=O)CN)C(=O)N[C@H](Cc2c[nH]c3ccccc23)C(=O)N[C@@H](C)C(=O)N[C@@H](Cc2c[nH]c3ccccc23)C(=O)N[C@H](Cc2ccccc2)C(=O)N=C(C(N)=O)CCCC1. The van der Waals surface area contributed by atoms with Gasteiger partial charge >= 0.3 is 6.03 Å². The maximum Gasteiger partial charge on any atom is 0.337 e. The smallest absolute Gasteiger partial charge is 0.337 e. The molecule has 19 nitrogen and oxygen atoms in total. The maximum atomic E-state index is 14.5. The molecule has 0 unspecified atom stereocenters. The Morgan fingerprint density at radius 2 is 1.33 bits per heavy atom. The number of nitrogens with two attached hydrogens (primary N) is 2. The number of urea groups is 1. The summed E-state index contributed by atoms with van der Waals surface area (Å²) in [4.78, 5) is 109. The number of para-hydroxylation sites is 2. The van der Waals surface area contributed by atoms with Crippen LogP contribution >= 0.6 is 0 Å². The monoisotopic (exact) mass is 938 g/mol. The van der Waals surface area contributed by atoms with Gasteiger partial charge in [0, 0.05) is 60.0 Å². The van der Waals surface area contributed by atoms with Gasteiger partial charge in [0.2, 0.25) is 17.7 Å². The van der Waals surface area contributed by atoms with Gasteiger partial charge in [-0.05, 0) is 61.6 Å². The van der Waals surface area contributed by atoms with Crippen LogP contribution in [0.3, 0.4) is 0 Å². The van der Waals surface area contributed by atoms with Crippen molar-refractivity contribution in [3.63, 3.8) is 0 Å². The van der Waals surface area contributed by atoms with Crippen LogP contribution in [0.15, 0.2) is 109 Å². The van der Waals surface area contributed by atoms with E-state index in [1.54, 1.807) is 48.8 Å². The van der Waals surface area contributed by atoms with E-state index in [9.17, 15) is 33.6 Å². The van der Waals surface area contributed by atoms with Crippen LogP contribution in [0.25, 0.3) is 21.8 Å². The van der Waals surface area contributed by atoms with Crippen LogP contribution < -0.4 is 38.2 Å². The third-order valence-electron chi connectivity index (χ3n) is 11.5. The number of nitrogens with zero attached hydrogens (tertiary/aromatic N) is 3. The Balaban J connectivity index is 1.36. The fourth-order valence-electron chi connectivity index (χ4n) is 7.84. The quantitative estimate of drug-likeness (QED) is 0.0687. The molecule has 4 atom stereocenters. The Bertz CT molecular complexity index is 2750. The normalized spacial score (nSPS) is 19.9. The third kappa shape index (κ3) is 14.2. The van der Waals surface area contributed by atoms with Crippen LogP contribution in [0.4, 0.5) is 4.79 Å².